The molecular formula is C16H21N5OS. The lowest BCUT2D eigenvalue weighted by atomic mass is 10.2. The number of nitrogens with zero attached hydrogens (tertiary/aromatic N) is 5. The van der Waals surface area contributed by atoms with Crippen molar-refractivity contribution in [2.24, 2.45) is 0 Å². The summed E-state index contributed by atoms with van der Waals surface area (Å²) < 4.78 is 7.62. The Hall–Kier alpha value is -1.99. The van der Waals surface area contributed by atoms with Gasteiger partial charge >= 0.3 is 0 Å². The van der Waals surface area contributed by atoms with E-state index in [9.17, 15) is 0 Å². The Morgan fingerprint density at radius 1 is 1.13 bits per heavy atom. The Kier molecular flexibility index (Phi) is 4.88. The average molecular weight is 331 g/mol. The fraction of sp³-hybridized carbons (Fsp3) is 0.438. The molecule has 0 amide bonds. The second kappa shape index (κ2) is 7.06. The van der Waals surface area contributed by atoms with Crippen LogP contribution < -0.4 is 4.74 Å². The smallest absolute Gasteiger partial charge is 0.234 e. The number of fused-ring (bicyclic) bond motifs is 1. The van der Waals surface area contributed by atoms with E-state index in [2.05, 4.69) is 41.0 Å². The highest BCUT2D eigenvalue weighted by atomic mass is 32.1. The molecule has 0 saturated carbocycles. The largest absolute Gasteiger partial charge is 0.486 e. The van der Waals surface area contributed by atoms with Gasteiger partial charge in [-0.3, -0.25) is 4.90 Å². The molecule has 0 aliphatic carbocycles. The first-order valence-corrected chi connectivity index (χ1v) is 8.63. The first-order valence-electron chi connectivity index (χ1n) is 7.81. The molecule has 0 saturated heterocycles. The SMILES string of the molecule is CCN(CC)Cc1nnc2sc(COc3ccc(C)cc3)nn12. The maximum Gasteiger partial charge on any atom is 0.234 e. The molecule has 7 heteroatoms. The van der Waals surface area contributed by atoms with Gasteiger partial charge < -0.3 is 4.74 Å². The number of benzene rings is 1. The quantitative estimate of drug-likeness (QED) is 0.666. The second-order valence-electron chi connectivity index (χ2n) is 5.37. The molecule has 3 rings (SSSR count). The minimum atomic E-state index is 0.446. The number of rotatable bonds is 7. The number of ether oxygens (including phenoxy) is 1. The Morgan fingerprint density at radius 3 is 2.57 bits per heavy atom. The molecule has 122 valence electrons. The second-order valence-corrected chi connectivity index (χ2v) is 6.41. The number of aryl methyl sites for hydroxylation is 1. The van der Waals surface area contributed by atoms with Crippen molar-refractivity contribution >= 4 is 16.3 Å². The number of hydrogen-bond acceptors (Lipinski definition) is 6. The van der Waals surface area contributed by atoms with Crippen LogP contribution in [0.15, 0.2) is 24.3 Å². The van der Waals surface area contributed by atoms with Crippen molar-refractivity contribution in [3.63, 3.8) is 0 Å². The zero-order valence-corrected chi connectivity index (χ0v) is 14.5. The van der Waals surface area contributed by atoms with E-state index >= 15 is 0 Å². The molecule has 0 spiro atoms. The molecule has 0 N–H and O–H groups in total. The highest BCUT2D eigenvalue weighted by Gasteiger charge is 2.14. The van der Waals surface area contributed by atoms with E-state index in [1.54, 1.807) is 0 Å². The highest BCUT2D eigenvalue weighted by Crippen LogP contribution is 2.18. The first kappa shape index (κ1) is 15.9. The van der Waals surface area contributed by atoms with E-state index in [1.807, 2.05) is 28.8 Å². The predicted octanol–water partition coefficient (Wildman–Crippen LogP) is 2.92. The van der Waals surface area contributed by atoms with Crippen molar-refractivity contribution < 1.29 is 4.74 Å². The van der Waals surface area contributed by atoms with Gasteiger partial charge in [0, 0.05) is 0 Å². The van der Waals surface area contributed by atoms with Crippen LogP contribution in [0, 0.1) is 6.92 Å². The molecule has 2 heterocycles. The minimum absolute atomic E-state index is 0.446. The molecule has 23 heavy (non-hydrogen) atoms. The van der Waals surface area contributed by atoms with Crippen molar-refractivity contribution in [1.29, 1.82) is 0 Å². The highest BCUT2D eigenvalue weighted by molar-refractivity contribution is 7.16. The van der Waals surface area contributed by atoms with Crippen molar-refractivity contribution in [3.05, 3.63) is 40.7 Å². The van der Waals surface area contributed by atoms with E-state index in [4.69, 9.17) is 4.74 Å². The minimum Gasteiger partial charge on any atom is -0.486 e. The van der Waals surface area contributed by atoms with Crippen molar-refractivity contribution in [2.45, 2.75) is 33.9 Å². The van der Waals surface area contributed by atoms with Crippen LogP contribution in [0.2, 0.25) is 0 Å². The van der Waals surface area contributed by atoms with Gasteiger partial charge in [0.1, 0.15) is 12.4 Å². The predicted molar refractivity (Wildman–Crippen MR) is 90.8 cm³/mol. The van der Waals surface area contributed by atoms with Gasteiger partial charge in [0.05, 0.1) is 6.54 Å². The van der Waals surface area contributed by atoms with E-state index < -0.39 is 0 Å². The van der Waals surface area contributed by atoms with Gasteiger partial charge in [-0.25, -0.2) is 0 Å². The van der Waals surface area contributed by atoms with E-state index in [0.29, 0.717) is 6.61 Å². The standard InChI is InChI=1S/C16H21N5OS/c1-4-20(5-2)10-14-17-18-16-21(14)19-15(23-16)11-22-13-8-6-12(3)7-9-13/h6-9H,4-5,10-11H2,1-3H3. The maximum absolute atomic E-state index is 5.79. The van der Waals surface area contributed by atoms with Crippen LogP contribution in [-0.4, -0.2) is 37.8 Å². The van der Waals surface area contributed by atoms with Crippen LogP contribution >= 0.6 is 11.3 Å². The average Bonchev–Trinajstić information content (AvgIpc) is 3.13. The third-order valence-corrected chi connectivity index (χ3v) is 4.61. The van der Waals surface area contributed by atoms with Crippen molar-refractivity contribution in [2.75, 3.05) is 13.1 Å². The van der Waals surface area contributed by atoms with E-state index in [1.165, 1.54) is 16.9 Å². The van der Waals surface area contributed by atoms with Crippen molar-refractivity contribution in [1.82, 2.24) is 24.7 Å². The fourth-order valence-electron chi connectivity index (χ4n) is 2.28. The fourth-order valence-corrected chi connectivity index (χ4v) is 3.05. The normalized spacial score (nSPS) is 11.5. The Morgan fingerprint density at radius 2 is 1.87 bits per heavy atom. The third kappa shape index (κ3) is 3.68. The Balaban J connectivity index is 1.70. The molecule has 0 aliphatic heterocycles. The summed E-state index contributed by atoms with van der Waals surface area (Å²) in [6.07, 6.45) is 0. The summed E-state index contributed by atoms with van der Waals surface area (Å²) in [7, 11) is 0. The topological polar surface area (TPSA) is 55.5 Å². The van der Waals surface area contributed by atoms with Gasteiger partial charge in [0.15, 0.2) is 10.8 Å². The Bertz CT molecular complexity index is 760. The molecule has 0 bridgehead atoms. The number of hydrogen-bond donors (Lipinski definition) is 0. The van der Waals surface area contributed by atoms with E-state index in [-0.39, 0.29) is 0 Å². The summed E-state index contributed by atoms with van der Waals surface area (Å²) in [6, 6.07) is 8.02. The van der Waals surface area contributed by atoms with Gasteiger partial charge in [-0.15, -0.1) is 10.2 Å². The molecule has 1 aromatic carbocycles. The molecule has 0 fully saturated rings. The summed E-state index contributed by atoms with van der Waals surface area (Å²) in [4.78, 5) is 3.10. The van der Waals surface area contributed by atoms with Crippen LogP contribution in [0.25, 0.3) is 4.96 Å². The van der Waals surface area contributed by atoms with Crippen LogP contribution in [0.4, 0.5) is 0 Å². The molecule has 0 aliphatic rings. The van der Waals surface area contributed by atoms with Gasteiger partial charge in [0.25, 0.3) is 0 Å². The van der Waals surface area contributed by atoms with Crippen LogP contribution in [-0.2, 0) is 13.2 Å². The van der Waals surface area contributed by atoms with Gasteiger partial charge in [-0.1, -0.05) is 42.9 Å². The molecule has 0 radical (unpaired) electrons. The van der Waals surface area contributed by atoms with Gasteiger partial charge in [0.2, 0.25) is 4.96 Å². The monoisotopic (exact) mass is 331 g/mol. The summed E-state index contributed by atoms with van der Waals surface area (Å²) in [5.41, 5.74) is 1.22. The Labute approximate surface area is 139 Å². The molecule has 0 unspecified atom stereocenters. The maximum atomic E-state index is 5.79. The van der Waals surface area contributed by atoms with Gasteiger partial charge in [-0.2, -0.15) is 9.61 Å². The lowest BCUT2D eigenvalue weighted by Gasteiger charge is -2.15. The summed E-state index contributed by atoms with van der Waals surface area (Å²) in [5, 5.41) is 13.9. The van der Waals surface area contributed by atoms with Crippen LogP contribution in [0.1, 0.15) is 30.2 Å². The van der Waals surface area contributed by atoms with E-state index in [0.717, 1.165) is 41.2 Å². The summed E-state index contributed by atoms with van der Waals surface area (Å²) in [6.45, 7) is 9.52. The van der Waals surface area contributed by atoms with Crippen molar-refractivity contribution in [3.8, 4) is 5.75 Å². The lowest BCUT2D eigenvalue weighted by Crippen LogP contribution is -2.23. The molecule has 2 aromatic heterocycles. The zero-order valence-electron chi connectivity index (χ0n) is 13.7. The summed E-state index contributed by atoms with van der Waals surface area (Å²) in [5.74, 6) is 1.73. The third-order valence-electron chi connectivity index (χ3n) is 3.74. The molecular weight excluding hydrogens is 310 g/mol. The molecule has 6 nitrogen and oxygen atoms in total. The lowest BCUT2D eigenvalue weighted by molar-refractivity contribution is 0.284. The molecule has 0 atom stereocenters. The summed E-state index contributed by atoms with van der Waals surface area (Å²) >= 11 is 1.52. The molecule has 3 aromatic rings. The number of aromatic nitrogens is 4. The van der Waals surface area contributed by atoms with Gasteiger partial charge in [-0.05, 0) is 32.1 Å². The zero-order chi connectivity index (χ0) is 16.2. The van der Waals surface area contributed by atoms with Crippen LogP contribution in [0.3, 0.4) is 0 Å². The van der Waals surface area contributed by atoms with Crippen LogP contribution in [0.5, 0.6) is 5.75 Å². The first-order chi connectivity index (χ1) is 11.2.